The van der Waals surface area contributed by atoms with Crippen molar-refractivity contribution in [2.45, 2.75) is 55.6 Å². The van der Waals surface area contributed by atoms with E-state index in [2.05, 4.69) is 26.7 Å². The van der Waals surface area contributed by atoms with Gasteiger partial charge in [-0.15, -0.1) is 10.2 Å². The summed E-state index contributed by atoms with van der Waals surface area (Å²) in [6, 6.07) is 4.85. The first-order valence-corrected chi connectivity index (χ1v) is 11.0. The molecule has 0 amide bonds. The zero-order valence-electron chi connectivity index (χ0n) is 14.8. The van der Waals surface area contributed by atoms with Gasteiger partial charge in [0.2, 0.25) is 10.0 Å². The molecule has 0 radical (unpaired) electrons. The van der Waals surface area contributed by atoms with Gasteiger partial charge < -0.3 is 9.13 Å². The van der Waals surface area contributed by atoms with Crippen molar-refractivity contribution in [1.29, 1.82) is 0 Å². The largest absolute Gasteiger partial charge is 0.327 e. The molecule has 3 aromatic rings. The maximum absolute atomic E-state index is 11.6. The average Bonchev–Trinajstić information content (AvgIpc) is 3.20. The Labute approximate surface area is 156 Å². The van der Waals surface area contributed by atoms with Crippen LogP contribution in [0.5, 0.6) is 0 Å². The van der Waals surface area contributed by atoms with E-state index in [9.17, 15) is 8.42 Å². The third kappa shape index (κ3) is 3.92. The van der Waals surface area contributed by atoms with Crippen LogP contribution in [0, 0.1) is 0 Å². The molecule has 0 fully saturated rings. The number of nitrogens with two attached hydrogens (primary N) is 1. The molecule has 2 N–H and O–H groups in total. The molecule has 2 aromatic heterocycles. The maximum Gasteiger partial charge on any atom is 0.238 e. The van der Waals surface area contributed by atoms with E-state index in [1.807, 2.05) is 11.5 Å². The van der Waals surface area contributed by atoms with Crippen molar-refractivity contribution in [2.24, 2.45) is 5.14 Å². The van der Waals surface area contributed by atoms with E-state index >= 15 is 0 Å². The number of imidazole rings is 1. The van der Waals surface area contributed by atoms with E-state index in [-0.39, 0.29) is 4.90 Å². The quantitative estimate of drug-likeness (QED) is 0.588. The molecular weight excluding hydrogens is 372 g/mol. The lowest BCUT2D eigenvalue weighted by molar-refractivity contribution is 0.598. The predicted octanol–water partition coefficient (Wildman–Crippen LogP) is 2.39. The number of fused-ring (bicyclic) bond motifs is 1. The van der Waals surface area contributed by atoms with Gasteiger partial charge in [0.05, 0.1) is 21.7 Å². The molecule has 0 atom stereocenters. The van der Waals surface area contributed by atoms with Crippen molar-refractivity contribution in [3.05, 3.63) is 30.4 Å². The lowest BCUT2D eigenvalue weighted by Crippen LogP contribution is -2.11. The molecule has 3 rings (SSSR count). The number of benzene rings is 1. The Morgan fingerprint density at radius 1 is 1.27 bits per heavy atom. The van der Waals surface area contributed by atoms with Gasteiger partial charge >= 0.3 is 0 Å². The number of rotatable bonds is 8. The van der Waals surface area contributed by atoms with Crippen LogP contribution in [0.3, 0.4) is 0 Å². The Kier molecular flexibility index (Phi) is 5.64. The normalized spacial score (nSPS) is 12.1. The second-order valence-electron chi connectivity index (χ2n) is 5.92. The number of aryl methyl sites for hydroxylation is 2. The van der Waals surface area contributed by atoms with Crippen LogP contribution >= 0.6 is 11.8 Å². The summed E-state index contributed by atoms with van der Waals surface area (Å²) in [6.45, 7) is 5.81. The predicted molar refractivity (Wildman–Crippen MR) is 101 cm³/mol. The molecule has 0 saturated heterocycles. The number of sulfonamides is 1. The van der Waals surface area contributed by atoms with Crippen LogP contribution < -0.4 is 5.14 Å². The fourth-order valence-corrected chi connectivity index (χ4v) is 4.17. The molecule has 10 heteroatoms. The van der Waals surface area contributed by atoms with E-state index in [1.54, 1.807) is 24.2 Å². The highest BCUT2D eigenvalue weighted by atomic mass is 32.2. The minimum absolute atomic E-state index is 0.0788. The molecule has 2 heterocycles. The van der Waals surface area contributed by atoms with E-state index in [0.717, 1.165) is 42.4 Å². The minimum atomic E-state index is -3.75. The summed E-state index contributed by atoms with van der Waals surface area (Å²) in [5.74, 6) is 1.51. The third-order valence-corrected chi connectivity index (χ3v) is 6.00. The Balaban J connectivity index is 1.96. The minimum Gasteiger partial charge on any atom is -0.327 e. The first-order chi connectivity index (χ1) is 12.4. The summed E-state index contributed by atoms with van der Waals surface area (Å²) < 4.78 is 27.3. The van der Waals surface area contributed by atoms with Crippen molar-refractivity contribution in [1.82, 2.24) is 24.3 Å². The van der Waals surface area contributed by atoms with Crippen LogP contribution in [0.4, 0.5) is 0 Å². The zero-order chi connectivity index (χ0) is 18.7. The van der Waals surface area contributed by atoms with Crippen molar-refractivity contribution in [2.75, 3.05) is 0 Å². The number of primary sulfonamides is 1. The fourth-order valence-electron chi connectivity index (χ4n) is 2.71. The van der Waals surface area contributed by atoms with Gasteiger partial charge in [-0.2, -0.15) is 0 Å². The van der Waals surface area contributed by atoms with Crippen LogP contribution in [0.25, 0.3) is 11.0 Å². The highest BCUT2D eigenvalue weighted by Crippen LogP contribution is 2.25. The Morgan fingerprint density at radius 2 is 2.08 bits per heavy atom. The smallest absolute Gasteiger partial charge is 0.238 e. The second-order valence-corrected chi connectivity index (χ2v) is 8.42. The molecule has 0 aliphatic heterocycles. The summed E-state index contributed by atoms with van der Waals surface area (Å²) >= 11 is 1.57. The zero-order valence-corrected chi connectivity index (χ0v) is 16.4. The number of hydrogen-bond acceptors (Lipinski definition) is 6. The van der Waals surface area contributed by atoms with Crippen molar-refractivity contribution < 1.29 is 8.42 Å². The Morgan fingerprint density at radius 3 is 2.77 bits per heavy atom. The van der Waals surface area contributed by atoms with Gasteiger partial charge in [-0.05, 0) is 31.5 Å². The fraction of sp³-hybridized carbons (Fsp3) is 0.438. The van der Waals surface area contributed by atoms with Crippen LogP contribution in [0.2, 0.25) is 0 Å². The summed E-state index contributed by atoms with van der Waals surface area (Å²) in [6.07, 6.45) is 3.79. The highest BCUT2D eigenvalue weighted by molar-refractivity contribution is 7.98. The number of unbranched alkanes of at least 4 members (excludes halogenated alkanes) is 1. The molecule has 0 spiro atoms. The van der Waals surface area contributed by atoms with Gasteiger partial charge in [0.1, 0.15) is 12.2 Å². The van der Waals surface area contributed by atoms with Gasteiger partial charge in [-0.25, -0.2) is 18.5 Å². The lowest BCUT2D eigenvalue weighted by atomic mass is 10.3. The molecule has 8 nitrogen and oxygen atoms in total. The molecule has 0 aliphatic carbocycles. The second kappa shape index (κ2) is 7.77. The number of thioether (sulfide) groups is 1. The van der Waals surface area contributed by atoms with E-state index in [0.29, 0.717) is 11.3 Å². The van der Waals surface area contributed by atoms with Crippen LogP contribution in [0.1, 0.15) is 32.5 Å². The molecule has 140 valence electrons. The third-order valence-electron chi connectivity index (χ3n) is 4.11. The molecule has 0 unspecified atom stereocenters. The monoisotopic (exact) mass is 394 g/mol. The first-order valence-electron chi connectivity index (χ1n) is 8.46. The Bertz CT molecular complexity index is 1010. The van der Waals surface area contributed by atoms with Crippen LogP contribution in [0.15, 0.2) is 34.6 Å². The van der Waals surface area contributed by atoms with E-state index < -0.39 is 10.0 Å². The highest BCUT2D eigenvalue weighted by Gasteiger charge is 2.15. The van der Waals surface area contributed by atoms with Crippen molar-refractivity contribution in [3.63, 3.8) is 0 Å². The molecular formula is C16H22N6O2S2. The molecule has 1 aromatic carbocycles. The van der Waals surface area contributed by atoms with Gasteiger partial charge in [-0.3, -0.25) is 0 Å². The average molecular weight is 395 g/mol. The molecule has 26 heavy (non-hydrogen) atoms. The van der Waals surface area contributed by atoms with Crippen LogP contribution in [-0.4, -0.2) is 32.7 Å². The SMILES string of the molecule is CCCCn1c(CSc2nncn2CC)nc2cc(S(N)(=O)=O)ccc21. The number of nitrogens with zero attached hydrogens (tertiary/aromatic N) is 5. The molecule has 0 aliphatic rings. The van der Waals surface area contributed by atoms with Gasteiger partial charge in [0, 0.05) is 13.1 Å². The maximum atomic E-state index is 11.6. The van der Waals surface area contributed by atoms with Crippen molar-refractivity contribution >= 4 is 32.8 Å². The summed E-state index contributed by atoms with van der Waals surface area (Å²) in [5, 5.41) is 14.2. The topological polar surface area (TPSA) is 109 Å². The summed E-state index contributed by atoms with van der Waals surface area (Å²) in [7, 11) is -3.75. The van der Waals surface area contributed by atoms with Crippen LogP contribution in [-0.2, 0) is 28.9 Å². The number of hydrogen-bond donors (Lipinski definition) is 1. The summed E-state index contributed by atoms with van der Waals surface area (Å²) in [5.41, 5.74) is 1.55. The number of aromatic nitrogens is 5. The molecule has 0 bridgehead atoms. The molecule has 0 saturated carbocycles. The summed E-state index contributed by atoms with van der Waals surface area (Å²) in [4.78, 5) is 4.74. The Hall–Kier alpha value is -1.91. The van der Waals surface area contributed by atoms with Crippen molar-refractivity contribution in [3.8, 4) is 0 Å². The van der Waals surface area contributed by atoms with E-state index in [4.69, 9.17) is 5.14 Å². The standard InChI is InChI=1S/C16H22N6O2S2/c1-3-5-8-22-14-7-6-12(26(17,23)24)9-13(14)19-15(22)10-25-16-20-18-11-21(16)4-2/h6-7,9,11H,3-5,8,10H2,1-2H3,(H2,17,23,24). The van der Waals surface area contributed by atoms with Gasteiger partial charge in [-0.1, -0.05) is 25.1 Å². The van der Waals surface area contributed by atoms with Gasteiger partial charge in [0.15, 0.2) is 5.16 Å². The van der Waals surface area contributed by atoms with E-state index in [1.165, 1.54) is 12.1 Å². The lowest BCUT2D eigenvalue weighted by Gasteiger charge is -2.08. The first kappa shape index (κ1) is 18.9. The van der Waals surface area contributed by atoms with Gasteiger partial charge in [0.25, 0.3) is 0 Å².